The number of hydrogen-bond donors (Lipinski definition) is 2. The zero-order valence-corrected chi connectivity index (χ0v) is 13.4. The van der Waals surface area contributed by atoms with Crippen LogP contribution in [-0.4, -0.2) is 23.0 Å². The van der Waals surface area contributed by atoms with Gasteiger partial charge in [0.05, 0.1) is 30.9 Å². The fraction of sp³-hybridized carbons (Fsp3) is 0.0526. The summed E-state index contributed by atoms with van der Waals surface area (Å²) in [7, 11) is 1.57. The Labute approximate surface area is 143 Å². The molecule has 0 aliphatic heterocycles. The lowest BCUT2D eigenvalue weighted by molar-refractivity contribution is 0.102. The van der Waals surface area contributed by atoms with Gasteiger partial charge in [0.2, 0.25) is 0 Å². The first kappa shape index (κ1) is 15.0. The van der Waals surface area contributed by atoms with Crippen LogP contribution >= 0.6 is 0 Å². The van der Waals surface area contributed by atoms with Crippen molar-refractivity contribution >= 4 is 22.6 Å². The average Bonchev–Trinajstić information content (AvgIpc) is 3.30. The number of methoxy groups -OCH3 is 1. The first-order valence-electron chi connectivity index (χ1n) is 7.70. The van der Waals surface area contributed by atoms with Crippen molar-refractivity contribution in [2.75, 3.05) is 12.4 Å². The number of benzene rings is 1. The van der Waals surface area contributed by atoms with Crippen LogP contribution in [0.4, 0.5) is 5.69 Å². The lowest BCUT2D eigenvalue weighted by Crippen LogP contribution is -2.12. The number of hydrogen-bond acceptors (Lipinski definition) is 4. The van der Waals surface area contributed by atoms with Gasteiger partial charge >= 0.3 is 0 Å². The zero-order valence-electron chi connectivity index (χ0n) is 13.4. The molecule has 4 rings (SSSR count). The molecular weight excluding hydrogens is 318 g/mol. The number of amides is 1. The van der Waals surface area contributed by atoms with E-state index in [0.29, 0.717) is 22.6 Å². The van der Waals surface area contributed by atoms with E-state index in [9.17, 15) is 4.79 Å². The van der Waals surface area contributed by atoms with Gasteiger partial charge in [0.25, 0.3) is 5.91 Å². The third-order valence-electron chi connectivity index (χ3n) is 3.98. The van der Waals surface area contributed by atoms with Crippen LogP contribution in [0.1, 0.15) is 10.4 Å². The van der Waals surface area contributed by atoms with E-state index in [1.54, 1.807) is 38.0 Å². The largest absolute Gasteiger partial charge is 0.495 e. The Morgan fingerprint density at radius 2 is 2.16 bits per heavy atom. The summed E-state index contributed by atoms with van der Waals surface area (Å²) < 4.78 is 10.4. The molecule has 0 bridgehead atoms. The van der Waals surface area contributed by atoms with E-state index >= 15 is 0 Å². The molecule has 2 N–H and O–H groups in total. The first-order chi connectivity index (χ1) is 12.3. The van der Waals surface area contributed by atoms with E-state index in [0.717, 1.165) is 16.5 Å². The van der Waals surface area contributed by atoms with Crippen molar-refractivity contribution in [3.8, 4) is 16.9 Å². The van der Waals surface area contributed by atoms with Crippen LogP contribution in [0, 0.1) is 0 Å². The monoisotopic (exact) mass is 333 g/mol. The highest BCUT2D eigenvalue weighted by molar-refractivity contribution is 6.07. The van der Waals surface area contributed by atoms with Crippen LogP contribution in [0.2, 0.25) is 0 Å². The van der Waals surface area contributed by atoms with Gasteiger partial charge in [0.15, 0.2) is 0 Å². The summed E-state index contributed by atoms with van der Waals surface area (Å²) in [5, 5.41) is 3.71. The van der Waals surface area contributed by atoms with Crippen LogP contribution in [0.5, 0.6) is 5.75 Å². The Morgan fingerprint density at radius 1 is 1.28 bits per heavy atom. The van der Waals surface area contributed by atoms with Crippen LogP contribution < -0.4 is 10.1 Å². The smallest absolute Gasteiger partial charge is 0.257 e. The van der Waals surface area contributed by atoms with Crippen molar-refractivity contribution in [2.24, 2.45) is 0 Å². The van der Waals surface area contributed by atoms with Gasteiger partial charge in [-0.3, -0.25) is 4.79 Å². The van der Waals surface area contributed by atoms with Gasteiger partial charge in [-0.1, -0.05) is 12.1 Å². The predicted octanol–water partition coefficient (Wildman–Crippen LogP) is 4.08. The molecule has 0 aliphatic carbocycles. The average molecular weight is 333 g/mol. The van der Waals surface area contributed by atoms with Crippen molar-refractivity contribution in [2.45, 2.75) is 0 Å². The summed E-state index contributed by atoms with van der Waals surface area (Å²) in [6.45, 7) is 0. The number of nitrogens with one attached hydrogen (secondary N) is 2. The summed E-state index contributed by atoms with van der Waals surface area (Å²) in [5.74, 6) is 0.351. The fourth-order valence-corrected chi connectivity index (χ4v) is 2.73. The summed E-state index contributed by atoms with van der Waals surface area (Å²) in [4.78, 5) is 20.1. The van der Waals surface area contributed by atoms with Crippen molar-refractivity contribution in [3.05, 3.63) is 66.9 Å². The maximum absolute atomic E-state index is 12.6. The van der Waals surface area contributed by atoms with Gasteiger partial charge in [-0.05, 0) is 24.3 Å². The SMILES string of the molecule is COc1ccccc1NC(=O)c1cnc2[nH]cc(-c3ccoc3)c2c1. The Bertz CT molecular complexity index is 1040. The number of H-pyrrole nitrogens is 1. The van der Waals surface area contributed by atoms with E-state index in [1.807, 2.05) is 30.5 Å². The highest BCUT2D eigenvalue weighted by Gasteiger charge is 2.14. The Hall–Kier alpha value is -3.54. The van der Waals surface area contributed by atoms with Crippen LogP contribution in [0.3, 0.4) is 0 Å². The second kappa shape index (κ2) is 6.16. The van der Waals surface area contributed by atoms with Crippen LogP contribution in [-0.2, 0) is 0 Å². The highest BCUT2D eigenvalue weighted by atomic mass is 16.5. The number of pyridine rings is 1. The number of aromatic nitrogens is 2. The quantitative estimate of drug-likeness (QED) is 0.589. The molecule has 0 radical (unpaired) electrons. The molecule has 4 aromatic rings. The minimum atomic E-state index is -0.252. The molecular formula is C19H15N3O3. The van der Waals surface area contributed by atoms with E-state index in [2.05, 4.69) is 15.3 Å². The summed E-state index contributed by atoms with van der Waals surface area (Å²) in [5.41, 5.74) is 3.64. The van der Waals surface area contributed by atoms with Gasteiger partial charge in [-0.25, -0.2) is 4.98 Å². The molecule has 3 heterocycles. The van der Waals surface area contributed by atoms with Crippen molar-refractivity contribution in [1.82, 2.24) is 9.97 Å². The second-order valence-corrected chi connectivity index (χ2v) is 5.49. The molecule has 25 heavy (non-hydrogen) atoms. The van der Waals surface area contributed by atoms with E-state index < -0.39 is 0 Å². The van der Waals surface area contributed by atoms with E-state index in [-0.39, 0.29) is 5.91 Å². The number of carbonyl (C=O) groups excluding carboxylic acids is 1. The number of nitrogens with zero attached hydrogens (tertiary/aromatic N) is 1. The maximum Gasteiger partial charge on any atom is 0.257 e. The van der Waals surface area contributed by atoms with Crippen molar-refractivity contribution < 1.29 is 13.9 Å². The van der Waals surface area contributed by atoms with E-state index in [1.165, 1.54) is 0 Å². The molecule has 6 nitrogen and oxygen atoms in total. The third kappa shape index (κ3) is 2.74. The van der Waals surface area contributed by atoms with Crippen LogP contribution in [0.25, 0.3) is 22.2 Å². The first-order valence-corrected chi connectivity index (χ1v) is 7.70. The molecule has 0 fully saturated rings. The van der Waals surface area contributed by atoms with Crippen LogP contribution in [0.15, 0.2) is 65.7 Å². The molecule has 6 heteroatoms. The van der Waals surface area contributed by atoms with Crippen molar-refractivity contribution in [3.63, 3.8) is 0 Å². The number of anilines is 1. The number of furan rings is 1. The number of aromatic amines is 1. The normalized spacial score (nSPS) is 10.8. The highest BCUT2D eigenvalue weighted by Crippen LogP contribution is 2.29. The molecule has 3 aromatic heterocycles. The van der Waals surface area contributed by atoms with Crippen molar-refractivity contribution in [1.29, 1.82) is 0 Å². The predicted molar refractivity (Wildman–Crippen MR) is 94.7 cm³/mol. The number of rotatable bonds is 4. The van der Waals surface area contributed by atoms with Gasteiger partial charge < -0.3 is 19.5 Å². The molecule has 1 aromatic carbocycles. The molecule has 0 aliphatic rings. The second-order valence-electron chi connectivity index (χ2n) is 5.49. The third-order valence-corrected chi connectivity index (χ3v) is 3.98. The molecule has 0 saturated heterocycles. The summed E-state index contributed by atoms with van der Waals surface area (Å²) in [6.07, 6.45) is 6.66. The Kier molecular flexibility index (Phi) is 3.70. The minimum absolute atomic E-state index is 0.252. The summed E-state index contributed by atoms with van der Waals surface area (Å²) in [6, 6.07) is 10.9. The van der Waals surface area contributed by atoms with Gasteiger partial charge in [0, 0.05) is 28.9 Å². The Morgan fingerprint density at radius 3 is 2.96 bits per heavy atom. The van der Waals surface area contributed by atoms with E-state index in [4.69, 9.17) is 9.15 Å². The minimum Gasteiger partial charge on any atom is -0.495 e. The maximum atomic E-state index is 12.6. The molecule has 0 spiro atoms. The number of carbonyl (C=O) groups is 1. The topological polar surface area (TPSA) is 80.1 Å². The number of fused-ring (bicyclic) bond motifs is 1. The number of para-hydroxylation sites is 2. The van der Waals surface area contributed by atoms with Gasteiger partial charge in [-0.15, -0.1) is 0 Å². The molecule has 1 amide bonds. The number of ether oxygens (including phenoxy) is 1. The lowest BCUT2D eigenvalue weighted by Gasteiger charge is -2.09. The molecule has 0 saturated carbocycles. The zero-order chi connectivity index (χ0) is 17.2. The molecule has 0 atom stereocenters. The lowest BCUT2D eigenvalue weighted by atomic mass is 10.1. The Balaban J connectivity index is 1.69. The van der Waals surface area contributed by atoms with Gasteiger partial charge in [0.1, 0.15) is 11.4 Å². The summed E-state index contributed by atoms with van der Waals surface area (Å²) >= 11 is 0. The fourth-order valence-electron chi connectivity index (χ4n) is 2.73. The van der Waals surface area contributed by atoms with Gasteiger partial charge in [-0.2, -0.15) is 0 Å². The molecule has 124 valence electrons. The standard InChI is InChI=1S/C19H15N3O3/c1-24-17-5-3-2-4-16(17)22-19(23)13-8-14-15(12-6-7-25-11-12)10-21-18(14)20-9-13/h2-11H,1H3,(H,20,21)(H,22,23). The molecule has 0 unspecified atom stereocenters.